The molecule has 3 aliphatic carbocycles. The summed E-state index contributed by atoms with van der Waals surface area (Å²) in [6, 6.07) is 0. The minimum absolute atomic E-state index is 0.00977. The number of carbonyl (C=O) groups excluding carboxylic acids is 1. The van der Waals surface area contributed by atoms with Crippen LogP contribution in [0, 0.1) is 51.8 Å². The third-order valence-corrected chi connectivity index (χ3v) is 9.72. The molecule has 0 aliphatic heterocycles. The van der Waals surface area contributed by atoms with E-state index in [0.717, 1.165) is 24.7 Å². The van der Waals surface area contributed by atoms with E-state index in [1.807, 2.05) is 0 Å². The van der Waals surface area contributed by atoms with E-state index < -0.39 is 0 Å². The molecule has 29 heavy (non-hydrogen) atoms. The molecule has 1 spiro atoms. The van der Waals surface area contributed by atoms with Gasteiger partial charge in [0, 0.05) is 5.92 Å². The molecule has 0 amide bonds. The Hall–Kier alpha value is -0.530. The third-order valence-electron chi connectivity index (χ3n) is 9.72. The first-order valence-electron chi connectivity index (χ1n) is 12.4. The number of hydrogen-bond donors (Lipinski definition) is 0. The molecule has 6 atom stereocenters. The van der Waals surface area contributed by atoms with E-state index in [0.29, 0.717) is 23.2 Å². The minimum Gasteiger partial charge on any atom is -0.458 e. The lowest BCUT2D eigenvalue weighted by molar-refractivity contribution is -0.195. The lowest BCUT2D eigenvalue weighted by atomic mass is 9.60. The van der Waals surface area contributed by atoms with Crippen LogP contribution < -0.4 is 0 Å². The van der Waals surface area contributed by atoms with Crippen LogP contribution in [0.5, 0.6) is 0 Å². The van der Waals surface area contributed by atoms with Gasteiger partial charge >= 0.3 is 5.97 Å². The van der Waals surface area contributed by atoms with Crippen molar-refractivity contribution in [2.24, 2.45) is 51.8 Å². The summed E-state index contributed by atoms with van der Waals surface area (Å²) in [5.41, 5.74) is 0.598. The first-order valence-corrected chi connectivity index (χ1v) is 12.4. The fourth-order valence-corrected chi connectivity index (χ4v) is 8.05. The van der Waals surface area contributed by atoms with Gasteiger partial charge in [-0.2, -0.15) is 0 Å². The second kappa shape index (κ2) is 7.27. The Balaban J connectivity index is 1.93. The molecular weight excluding hydrogens is 356 g/mol. The Morgan fingerprint density at radius 1 is 1.03 bits per heavy atom. The molecule has 0 heterocycles. The lowest BCUT2D eigenvalue weighted by Gasteiger charge is -2.51. The number of fused-ring (bicyclic) bond motifs is 1. The van der Waals surface area contributed by atoms with Gasteiger partial charge < -0.3 is 4.74 Å². The van der Waals surface area contributed by atoms with Crippen molar-refractivity contribution in [1.29, 1.82) is 0 Å². The first kappa shape index (κ1) is 23.1. The van der Waals surface area contributed by atoms with Gasteiger partial charge in [-0.3, -0.25) is 4.79 Å². The summed E-state index contributed by atoms with van der Waals surface area (Å²) in [5.74, 6) is 2.85. The molecular formula is C27H48O2. The predicted molar refractivity (Wildman–Crippen MR) is 122 cm³/mol. The van der Waals surface area contributed by atoms with Crippen molar-refractivity contribution < 1.29 is 9.53 Å². The van der Waals surface area contributed by atoms with E-state index in [-0.39, 0.29) is 28.3 Å². The third kappa shape index (κ3) is 3.59. The smallest absolute Gasteiger partial charge is 0.309 e. The van der Waals surface area contributed by atoms with E-state index in [9.17, 15) is 4.79 Å². The van der Waals surface area contributed by atoms with Crippen molar-refractivity contribution >= 4 is 5.97 Å². The Morgan fingerprint density at radius 2 is 1.66 bits per heavy atom. The molecule has 0 radical (unpaired) electrons. The fourth-order valence-electron chi connectivity index (χ4n) is 8.05. The zero-order valence-electron chi connectivity index (χ0n) is 21.0. The van der Waals surface area contributed by atoms with Crippen molar-refractivity contribution in [1.82, 2.24) is 0 Å². The zero-order chi connectivity index (χ0) is 22.0. The Bertz CT molecular complexity index is 625. The van der Waals surface area contributed by atoms with Crippen LogP contribution in [0.1, 0.15) is 108 Å². The summed E-state index contributed by atoms with van der Waals surface area (Å²) >= 11 is 0. The molecule has 0 aromatic rings. The Labute approximate surface area is 180 Å². The van der Waals surface area contributed by atoms with Crippen LogP contribution in [-0.2, 0) is 9.53 Å². The maximum absolute atomic E-state index is 13.6. The average Bonchev–Trinajstić information content (AvgIpc) is 2.99. The van der Waals surface area contributed by atoms with Crippen LogP contribution >= 0.6 is 0 Å². The number of esters is 1. The van der Waals surface area contributed by atoms with Gasteiger partial charge in [-0.05, 0) is 78.4 Å². The van der Waals surface area contributed by atoms with Gasteiger partial charge in [0.2, 0.25) is 0 Å². The number of hydrogen-bond acceptors (Lipinski definition) is 2. The largest absolute Gasteiger partial charge is 0.458 e. The molecule has 2 nitrogen and oxygen atoms in total. The van der Waals surface area contributed by atoms with Gasteiger partial charge in [-0.25, -0.2) is 0 Å². The van der Waals surface area contributed by atoms with Gasteiger partial charge in [0.25, 0.3) is 0 Å². The highest BCUT2D eigenvalue weighted by molar-refractivity contribution is 5.73. The molecule has 3 fully saturated rings. The molecule has 168 valence electrons. The van der Waals surface area contributed by atoms with Crippen molar-refractivity contribution in [3.8, 4) is 0 Å². The first-order chi connectivity index (χ1) is 13.2. The SMILES string of the molecule is CC(C)C(CC(C)(C)C)C(=O)OC1(C(C)C)CCC23CC1C(C)(C)C2CCC3C. The molecule has 0 aromatic carbocycles. The molecule has 0 saturated heterocycles. The van der Waals surface area contributed by atoms with Gasteiger partial charge in [0.05, 0.1) is 5.92 Å². The maximum atomic E-state index is 13.6. The van der Waals surface area contributed by atoms with E-state index >= 15 is 0 Å². The van der Waals surface area contributed by atoms with Crippen molar-refractivity contribution in [3.63, 3.8) is 0 Å². The second-order valence-corrected chi connectivity index (χ2v) is 13.5. The second-order valence-electron chi connectivity index (χ2n) is 13.5. The summed E-state index contributed by atoms with van der Waals surface area (Å²) in [7, 11) is 0. The predicted octanol–water partition coefficient (Wildman–Crippen LogP) is 7.51. The van der Waals surface area contributed by atoms with Gasteiger partial charge in [0.1, 0.15) is 5.60 Å². The number of carbonyl (C=O) groups is 1. The number of ether oxygens (including phenoxy) is 1. The van der Waals surface area contributed by atoms with E-state index in [1.54, 1.807) is 0 Å². The highest BCUT2D eigenvalue weighted by atomic mass is 16.6. The molecule has 6 unspecified atom stereocenters. The fraction of sp³-hybridized carbons (Fsp3) is 0.963. The van der Waals surface area contributed by atoms with Crippen LogP contribution in [0.4, 0.5) is 0 Å². The highest BCUT2D eigenvalue weighted by Crippen LogP contribution is 2.74. The monoisotopic (exact) mass is 404 g/mol. The van der Waals surface area contributed by atoms with E-state index in [2.05, 4.69) is 69.2 Å². The standard InChI is InChI=1S/C27H48O2/c1-17(2)20(15-24(6,7)8)23(28)29-27(18(3)4)14-13-26-16-22(27)25(9,10)21(26)12-11-19(26)5/h17-22H,11-16H2,1-10H3. The lowest BCUT2D eigenvalue weighted by Crippen LogP contribution is -2.54. The average molecular weight is 405 g/mol. The molecule has 0 N–H and O–H groups in total. The maximum Gasteiger partial charge on any atom is 0.309 e. The van der Waals surface area contributed by atoms with Gasteiger partial charge in [-0.15, -0.1) is 0 Å². The normalized spacial score (nSPS) is 39.7. The highest BCUT2D eigenvalue weighted by Gasteiger charge is 2.70. The van der Waals surface area contributed by atoms with Crippen molar-refractivity contribution in [2.75, 3.05) is 0 Å². The minimum atomic E-state index is -0.291. The van der Waals surface area contributed by atoms with Gasteiger partial charge in [-0.1, -0.05) is 69.2 Å². The van der Waals surface area contributed by atoms with Crippen LogP contribution in [0.25, 0.3) is 0 Å². The van der Waals surface area contributed by atoms with Crippen LogP contribution in [0.15, 0.2) is 0 Å². The summed E-state index contributed by atoms with van der Waals surface area (Å²) in [5, 5.41) is 0. The molecule has 3 aliphatic rings. The molecule has 3 saturated carbocycles. The molecule has 3 rings (SSSR count). The summed E-state index contributed by atoms with van der Waals surface area (Å²) in [4.78, 5) is 13.6. The molecule has 2 bridgehead atoms. The summed E-state index contributed by atoms with van der Waals surface area (Å²) < 4.78 is 6.73. The summed E-state index contributed by atoms with van der Waals surface area (Å²) in [6.07, 6.45) is 7.22. The van der Waals surface area contributed by atoms with Crippen LogP contribution in [0.2, 0.25) is 0 Å². The van der Waals surface area contributed by atoms with Crippen molar-refractivity contribution in [2.45, 2.75) is 113 Å². The molecule has 0 aromatic heterocycles. The molecule has 2 heteroatoms. The summed E-state index contributed by atoms with van der Waals surface area (Å²) in [6.45, 7) is 23.1. The van der Waals surface area contributed by atoms with Crippen LogP contribution in [-0.4, -0.2) is 11.6 Å². The van der Waals surface area contributed by atoms with Gasteiger partial charge in [0.15, 0.2) is 0 Å². The van der Waals surface area contributed by atoms with Crippen molar-refractivity contribution in [3.05, 3.63) is 0 Å². The van der Waals surface area contributed by atoms with Crippen LogP contribution in [0.3, 0.4) is 0 Å². The number of rotatable bonds is 5. The van der Waals surface area contributed by atoms with E-state index in [4.69, 9.17) is 4.74 Å². The Morgan fingerprint density at radius 3 is 2.17 bits per heavy atom. The topological polar surface area (TPSA) is 26.3 Å². The zero-order valence-corrected chi connectivity index (χ0v) is 21.0. The van der Waals surface area contributed by atoms with E-state index in [1.165, 1.54) is 25.7 Å². The quantitative estimate of drug-likeness (QED) is 0.443. The Kier molecular flexibility index (Phi) is 5.80.